The minimum atomic E-state index is -0.325. The van der Waals surface area contributed by atoms with Crippen LogP contribution in [0.3, 0.4) is 0 Å². The van der Waals surface area contributed by atoms with E-state index in [0.29, 0.717) is 11.7 Å². The monoisotopic (exact) mass is 330 g/mol. The van der Waals surface area contributed by atoms with E-state index < -0.39 is 0 Å². The molecule has 3 aromatic rings. The summed E-state index contributed by atoms with van der Waals surface area (Å²) < 4.78 is 8.70. The molecule has 0 unspecified atom stereocenters. The number of hydrogen-bond acceptors (Lipinski definition) is 4. The Hall–Kier alpha value is -2.31. The number of hydrogen-bond donors (Lipinski definition) is 1. The molecule has 1 saturated heterocycles. The van der Waals surface area contributed by atoms with E-state index in [1.54, 1.807) is 13.2 Å². The zero-order valence-electron chi connectivity index (χ0n) is 12.5. The van der Waals surface area contributed by atoms with Crippen LogP contribution in [0.4, 0.5) is 11.4 Å². The summed E-state index contributed by atoms with van der Waals surface area (Å²) in [5.74, 6) is 0. The van der Waals surface area contributed by atoms with Gasteiger partial charge in [-0.05, 0) is 24.3 Å². The second kappa shape index (κ2) is 5.40. The smallest absolute Gasteiger partial charge is 0.287 e. The van der Waals surface area contributed by atoms with Gasteiger partial charge >= 0.3 is 0 Å². The summed E-state index contributed by atoms with van der Waals surface area (Å²) in [4.78, 5) is 11.8. The minimum absolute atomic E-state index is 0.131. The Kier molecular flexibility index (Phi) is 3.36. The van der Waals surface area contributed by atoms with Crippen LogP contribution in [0, 0.1) is 0 Å². The van der Waals surface area contributed by atoms with Crippen LogP contribution in [0.2, 0.25) is 5.02 Å². The van der Waals surface area contributed by atoms with Crippen molar-refractivity contribution in [2.24, 2.45) is 7.05 Å². The average Bonchev–Trinajstić information content (AvgIpc) is 2.89. The van der Waals surface area contributed by atoms with Crippen molar-refractivity contribution < 1.29 is 4.74 Å². The number of halogens is 1. The predicted octanol–water partition coefficient (Wildman–Crippen LogP) is 2.70. The second-order valence-electron chi connectivity index (χ2n) is 5.61. The molecule has 6 nitrogen and oxygen atoms in total. The van der Waals surface area contributed by atoms with Gasteiger partial charge in [0, 0.05) is 29.8 Å². The molecular weight excluding hydrogens is 316 g/mol. The number of nitrogens with one attached hydrogen (secondary N) is 1. The summed E-state index contributed by atoms with van der Waals surface area (Å²) in [5.41, 5.74) is 2.20. The Morgan fingerprint density at radius 1 is 1.35 bits per heavy atom. The van der Waals surface area contributed by atoms with Gasteiger partial charge in [0.15, 0.2) is 0 Å². The van der Waals surface area contributed by atoms with Crippen LogP contribution >= 0.6 is 11.6 Å². The van der Waals surface area contributed by atoms with Crippen LogP contribution < -0.4 is 10.9 Å². The fourth-order valence-corrected chi connectivity index (χ4v) is 2.92. The van der Waals surface area contributed by atoms with E-state index in [1.165, 1.54) is 4.68 Å². The van der Waals surface area contributed by atoms with Gasteiger partial charge in [-0.2, -0.15) is 5.10 Å². The van der Waals surface area contributed by atoms with E-state index in [1.807, 2.05) is 12.1 Å². The Morgan fingerprint density at radius 3 is 2.91 bits per heavy atom. The molecule has 0 atom stereocenters. The first-order valence-electron chi connectivity index (χ1n) is 7.30. The SMILES string of the molecule is Cn1ncc(Nc2ccc3c(ccn3C3COC3)c2)c(Cl)c1=O. The number of benzene rings is 1. The Labute approximate surface area is 137 Å². The molecule has 1 N–H and O–H groups in total. The van der Waals surface area contributed by atoms with Crippen LogP contribution in [0.1, 0.15) is 6.04 Å². The van der Waals surface area contributed by atoms with Gasteiger partial charge in [0.05, 0.1) is 31.1 Å². The van der Waals surface area contributed by atoms with E-state index in [0.717, 1.165) is 29.8 Å². The van der Waals surface area contributed by atoms with Crippen molar-refractivity contribution in [2.75, 3.05) is 18.5 Å². The fourth-order valence-electron chi connectivity index (χ4n) is 2.70. The zero-order chi connectivity index (χ0) is 16.0. The van der Waals surface area contributed by atoms with Gasteiger partial charge < -0.3 is 14.6 Å². The molecule has 0 bridgehead atoms. The molecule has 1 aliphatic rings. The van der Waals surface area contributed by atoms with Crippen LogP contribution in [0.15, 0.2) is 41.5 Å². The standard InChI is InChI=1S/C16H15ClN4O2/c1-20-16(22)15(17)13(7-18-20)19-11-2-3-14-10(6-11)4-5-21(14)12-8-23-9-12/h2-7,12,19H,8-9H2,1H3. The van der Waals surface area contributed by atoms with E-state index >= 15 is 0 Å². The number of rotatable bonds is 3. The van der Waals surface area contributed by atoms with Gasteiger partial charge in [0.2, 0.25) is 0 Å². The number of aromatic nitrogens is 3. The largest absolute Gasteiger partial charge is 0.377 e. The quantitative estimate of drug-likeness (QED) is 0.802. The zero-order valence-corrected chi connectivity index (χ0v) is 13.2. The van der Waals surface area contributed by atoms with Gasteiger partial charge in [0.1, 0.15) is 5.02 Å². The van der Waals surface area contributed by atoms with Crippen molar-refractivity contribution in [1.82, 2.24) is 14.3 Å². The molecule has 0 spiro atoms. The minimum Gasteiger partial charge on any atom is -0.377 e. The van der Waals surface area contributed by atoms with Gasteiger partial charge in [-0.1, -0.05) is 11.6 Å². The summed E-state index contributed by atoms with van der Waals surface area (Å²) in [5, 5.41) is 8.39. The Balaban J connectivity index is 1.67. The summed E-state index contributed by atoms with van der Waals surface area (Å²) in [6.07, 6.45) is 3.62. The molecule has 4 rings (SSSR count). The third-order valence-electron chi connectivity index (χ3n) is 4.09. The third-order valence-corrected chi connectivity index (χ3v) is 4.46. The van der Waals surface area contributed by atoms with Gasteiger partial charge in [-0.25, -0.2) is 4.68 Å². The number of anilines is 2. The maximum atomic E-state index is 11.8. The van der Waals surface area contributed by atoms with Gasteiger partial charge in [0.25, 0.3) is 5.56 Å². The van der Waals surface area contributed by atoms with Crippen molar-refractivity contribution in [3.63, 3.8) is 0 Å². The molecule has 0 saturated carbocycles. The predicted molar refractivity (Wildman–Crippen MR) is 89.6 cm³/mol. The number of ether oxygens (including phenoxy) is 1. The van der Waals surface area contributed by atoms with E-state index in [4.69, 9.17) is 16.3 Å². The molecule has 7 heteroatoms. The Bertz CT molecular complexity index is 943. The lowest BCUT2D eigenvalue weighted by Gasteiger charge is -2.28. The molecule has 1 fully saturated rings. The van der Waals surface area contributed by atoms with Crippen molar-refractivity contribution >= 4 is 33.9 Å². The van der Waals surface area contributed by atoms with Crippen molar-refractivity contribution in [3.8, 4) is 0 Å². The highest BCUT2D eigenvalue weighted by atomic mass is 35.5. The van der Waals surface area contributed by atoms with Crippen LogP contribution in [0.25, 0.3) is 10.9 Å². The van der Waals surface area contributed by atoms with E-state index in [2.05, 4.69) is 33.3 Å². The molecule has 118 valence electrons. The molecule has 23 heavy (non-hydrogen) atoms. The molecular formula is C16H15ClN4O2. The van der Waals surface area contributed by atoms with Gasteiger partial charge in [-0.3, -0.25) is 4.79 Å². The molecule has 1 aliphatic heterocycles. The summed E-state index contributed by atoms with van der Waals surface area (Å²) >= 11 is 6.08. The first kappa shape index (κ1) is 14.3. The van der Waals surface area contributed by atoms with Crippen molar-refractivity contribution in [1.29, 1.82) is 0 Å². The van der Waals surface area contributed by atoms with Crippen molar-refractivity contribution in [2.45, 2.75) is 6.04 Å². The van der Waals surface area contributed by atoms with Gasteiger partial charge in [-0.15, -0.1) is 0 Å². The highest BCUT2D eigenvalue weighted by molar-refractivity contribution is 6.33. The second-order valence-corrected chi connectivity index (χ2v) is 5.99. The topological polar surface area (TPSA) is 61.1 Å². The number of aryl methyl sites for hydroxylation is 1. The van der Waals surface area contributed by atoms with E-state index in [9.17, 15) is 4.79 Å². The first-order chi connectivity index (χ1) is 11.1. The molecule has 0 amide bonds. The molecule has 3 heterocycles. The maximum Gasteiger partial charge on any atom is 0.287 e. The number of nitrogens with zero attached hydrogens (tertiary/aromatic N) is 3. The molecule has 0 aliphatic carbocycles. The number of fused-ring (bicyclic) bond motifs is 1. The fraction of sp³-hybridized carbons (Fsp3) is 0.250. The van der Waals surface area contributed by atoms with Crippen LogP contribution in [-0.4, -0.2) is 27.6 Å². The van der Waals surface area contributed by atoms with Crippen LogP contribution in [-0.2, 0) is 11.8 Å². The first-order valence-corrected chi connectivity index (χ1v) is 7.68. The lowest BCUT2D eigenvalue weighted by Crippen LogP contribution is -2.29. The summed E-state index contributed by atoms with van der Waals surface area (Å²) in [7, 11) is 1.57. The molecule has 2 aromatic heterocycles. The average molecular weight is 331 g/mol. The maximum absolute atomic E-state index is 11.8. The lowest BCUT2D eigenvalue weighted by molar-refractivity contribution is -0.0213. The van der Waals surface area contributed by atoms with E-state index in [-0.39, 0.29) is 10.6 Å². The lowest BCUT2D eigenvalue weighted by atomic mass is 10.2. The normalized spacial score (nSPS) is 14.9. The summed E-state index contributed by atoms with van der Waals surface area (Å²) in [6, 6.07) is 8.54. The highest BCUT2D eigenvalue weighted by Crippen LogP contribution is 2.28. The van der Waals surface area contributed by atoms with Crippen LogP contribution in [0.5, 0.6) is 0 Å². The molecule has 0 radical (unpaired) electrons. The Morgan fingerprint density at radius 2 is 2.17 bits per heavy atom. The summed E-state index contributed by atoms with van der Waals surface area (Å²) in [6.45, 7) is 1.52. The third kappa shape index (κ3) is 2.40. The van der Waals surface area contributed by atoms with Crippen molar-refractivity contribution in [3.05, 3.63) is 52.0 Å². The highest BCUT2D eigenvalue weighted by Gasteiger charge is 2.21. The molecule has 1 aromatic carbocycles.